The molecule has 18 heavy (non-hydrogen) atoms. The minimum Gasteiger partial charge on any atom is -0.384 e. The van der Waals surface area contributed by atoms with Gasteiger partial charge in [-0.2, -0.15) is 5.26 Å². The highest BCUT2D eigenvalue weighted by molar-refractivity contribution is 5.31. The highest BCUT2D eigenvalue weighted by Gasteiger charge is 2.48. The maximum absolute atomic E-state index is 9.17. The zero-order valence-corrected chi connectivity index (χ0v) is 11.0. The van der Waals surface area contributed by atoms with E-state index in [9.17, 15) is 5.26 Å². The molecule has 4 fully saturated rings. The molecule has 0 atom stereocenters. The maximum Gasteiger partial charge on any atom is 0.0965 e. The number of nitriles is 1. The molecule has 0 aromatic carbocycles. The maximum atomic E-state index is 9.17. The van der Waals surface area contributed by atoms with E-state index in [0.717, 1.165) is 42.1 Å². The molecule has 2 nitrogen and oxygen atoms in total. The monoisotopic (exact) mass is 242 g/mol. The second-order valence-corrected chi connectivity index (χ2v) is 7.02. The summed E-state index contributed by atoms with van der Waals surface area (Å²) in [7, 11) is 0. The van der Waals surface area contributed by atoms with Gasteiger partial charge in [-0.15, -0.1) is 0 Å². The van der Waals surface area contributed by atoms with Gasteiger partial charge < -0.3 is 5.32 Å². The summed E-state index contributed by atoms with van der Waals surface area (Å²) >= 11 is 0. The molecule has 0 aromatic heterocycles. The molecule has 0 unspecified atom stereocenters. The van der Waals surface area contributed by atoms with Crippen molar-refractivity contribution in [3.8, 4) is 6.07 Å². The Hall–Kier alpha value is -0.970. The molecule has 0 aliphatic heterocycles. The third-order valence-corrected chi connectivity index (χ3v) is 5.92. The van der Waals surface area contributed by atoms with Crippen molar-refractivity contribution in [1.82, 2.24) is 5.32 Å². The summed E-state index contributed by atoms with van der Waals surface area (Å²) in [5.41, 5.74) is 2.35. The molecular formula is C16H22N2. The van der Waals surface area contributed by atoms with Crippen LogP contribution in [0.25, 0.3) is 0 Å². The van der Waals surface area contributed by atoms with Gasteiger partial charge in [0.1, 0.15) is 0 Å². The van der Waals surface area contributed by atoms with Gasteiger partial charge in [0, 0.05) is 17.3 Å². The first kappa shape index (κ1) is 10.9. The highest BCUT2D eigenvalue weighted by atomic mass is 15.0. The SMILES string of the molecule is N#CC1=C(NC2C3CC4CC(C3)CC2C4)CCC1. The lowest BCUT2D eigenvalue weighted by Crippen LogP contribution is -2.54. The van der Waals surface area contributed by atoms with Gasteiger partial charge in [0.2, 0.25) is 0 Å². The minimum absolute atomic E-state index is 0.703. The molecule has 2 heteroatoms. The largest absolute Gasteiger partial charge is 0.384 e. The van der Waals surface area contributed by atoms with Gasteiger partial charge in [-0.25, -0.2) is 0 Å². The van der Waals surface area contributed by atoms with E-state index in [-0.39, 0.29) is 0 Å². The Bertz CT molecular complexity index is 401. The fourth-order valence-corrected chi connectivity index (χ4v) is 5.39. The second kappa shape index (κ2) is 4.02. The van der Waals surface area contributed by atoms with Crippen molar-refractivity contribution in [2.45, 2.75) is 57.4 Å². The number of nitrogens with one attached hydrogen (secondary N) is 1. The molecule has 5 aliphatic rings. The van der Waals surface area contributed by atoms with Crippen molar-refractivity contribution in [2.75, 3.05) is 0 Å². The van der Waals surface area contributed by atoms with Crippen LogP contribution in [0.4, 0.5) is 0 Å². The summed E-state index contributed by atoms with van der Waals surface area (Å²) in [5, 5.41) is 13.0. The van der Waals surface area contributed by atoms with Gasteiger partial charge in [0.05, 0.1) is 6.07 Å². The van der Waals surface area contributed by atoms with E-state index in [1.807, 2.05) is 0 Å². The summed E-state index contributed by atoms with van der Waals surface area (Å²) in [6.45, 7) is 0. The first-order valence-corrected chi connectivity index (χ1v) is 7.72. The Balaban J connectivity index is 1.54. The zero-order valence-electron chi connectivity index (χ0n) is 11.0. The van der Waals surface area contributed by atoms with E-state index in [0.29, 0.717) is 6.04 Å². The molecule has 0 aromatic rings. The molecule has 1 N–H and O–H groups in total. The summed E-state index contributed by atoms with van der Waals surface area (Å²) in [6, 6.07) is 3.11. The standard InChI is InChI=1S/C16H22N2/c17-9-12-2-1-3-15(12)18-16-13-5-10-4-11(7-13)8-14(16)6-10/h10-11,13-14,16,18H,1-8H2. The Morgan fingerprint density at radius 3 is 2.22 bits per heavy atom. The molecule has 0 heterocycles. The van der Waals surface area contributed by atoms with Crippen LogP contribution in [-0.2, 0) is 0 Å². The normalized spacial score (nSPS) is 45.4. The average Bonchev–Trinajstić information content (AvgIpc) is 2.80. The molecule has 0 amide bonds. The van der Waals surface area contributed by atoms with Crippen molar-refractivity contribution in [2.24, 2.45) is 23.7 Å². The van der Waals surface area contributed by atoms with Crippen LogP contribution in [0, 0.1) is 35.0 Å². The molecule has 4 bridgehead atoms. The van der Waals surface area contributed by atoms with Crippen LogP contribution in [0.15, 0.2) is 11.3 Å². The van der Waals surface area contributed by atoms with E-state index in [1.54, 1.807) is 0 Å². The van der Waals surface area contributed by atoms with Crippen molar-refractivity contribution < 1.29 is 0 Å². The molecule has 4 saturated carbocycles. The number of hydrogen-bond donors (Lipinski definition) is 1. The van der Waals surface area contributed by atoms with Gasteiger partial charge in [-0.3, -0.25) is 0 Å². The molecule has 0 radical (unpaired) electrons. The lowest BCUT2D eigenvalue weighted by molar-refractivity contribution is -0.0104. The summed E-state index contributed by atoms with van der Waals surface area (Å²) < 4.78 is 0. The van der Waals surface area contributed by atoms with Gasteiger partial charge in [0.25, 0.3) is 0 Å². The lowest BCUT2D eigenvalue weighted by Gasteiger charge is -2.54. The first-order valence-electron chi connectivity index (χ1n) is 7.72. The summed E-state index contributed by atoms with van der Waals surface area (Å²) in [5.74, 6) is 3.90. The van der Waals surface area contributed by atoms with Crippen LogP contribution >= 0.6 is 0 Å². The van der Waals surface area contributed by atoms with E-state index in [1.165, 1.54) is 44.2 Å². The summed E-state index contributed by atoms with van der Waals surface area (Å²) in [4.78, 5) is 0. The van der Waals surface area contributed by atoms with Crippen LogP contribution in [0.2, 0.25) is 0 Å². The lowest BCUT2D eigenvalue weighted by atomic mass is 9.54. The van der Waals surface area contributed by atoms with Crippen LogP contribution in [-0.4, -0.2) is 6.04 Å². The molecule has 96 valence electrons. The minimum atomic E-state index is 0.703. The fourth-order valence-electron chi connectivity index (χ4n) is 5.39. The molecule has 5 aliphatic carbocycles. The van der Waals surface area contributed by atoms with Crippen molar-refractivity contribution in [3.63, 3.8) is 0 Å². The number of allylic oxidation sites excluding steroid dienone is 2. The molecule has 5 rings (SSSR count). The predicted octanol–water partition coefficient (Wildman–Crippen LogP) is 3.36. The van der Waals surface area contributed by atoms with E-state index in [4.69, 9.17) is 0 Å². The fraction of sp³-hybridized carbons (Fsp3) is 0.812. The highest BCUT2D eigenvalue weighted by Crippen LogP contribution is 2.54. The molecule has 0 saturated heterocycles. The van der Waals surface area contributed by atoms with Gasteiger partial charge in [0.15, 0.2) is 0 Å². The van der Waals surface area contributed by atoms with Crippen LogP contribution in [0.3, 0.4) is 0 Å². The number of rotatable bonds is 2. The zero-order chi connectivity index (χ0) is 12.1. The van der Waals surface area contributed by atoms with E-state index in [2.05, 4.69) is 11.4 Å². The van der Waals surface area contributed by atoms with E-state index >= 15 is 0 Å². The summed E-state index contributed by atoms with van der Waals surface area (Å²) in [6.07, 6.45) is 10.7. The third-order valence-electron chi connectivity index (χ3n) is 5.92. The second-order valence-electron chi connectivity index (χ2n) is 7.02. The van der Waals surface area contributed by atoms with Gasteiger partial charge >= 0.3 is 0 Å². The number of hydrogen-bond acceptors (Lipinski definition) is 2. The smallest absolute Gasteiger partial charge is 0.0965 e. The Labute approximate surface area is 109 Å². The molecular weight excluding hydrogens is 220 g/mol. The van der Waals surface area contributed by atoms with Crippen LogP contribution < -0.4 is 5.32 Å². The first-order chi connectivity index (χ1) is 8.83. The number of nitrogens with zero attached hydrogens (tertiary/aromatic N) is 1. The van der Waals surface area contributed by atoms with E-state index < -0.39 is 0 Å². The Kier molecular flexibility index (Phi) is 2.43. The average molecular weight is 242 g/mol. The Morgan fingerprint density at radius 2 is 1.61 bits per heavy atom. The van der Waals surface area contributed by atoms with Gasteiger partial charge in [-0.05, 0) is 75.0 Å². The van der Waals surface area contributed by atoms with Crippen molar-refractivity contribution >= 4 is 0 Å². The topological polar surface area (TPSA) is 35.8 Å². The predicted molar refractivity (Wildman–Crippen MR) is 70.5 cm³/mol. The van der Waals surface area contributed by atoms with Crippen molar-refractivity contribution in [3.05, 3.63) is 11.3 Å². The van der Waals surface area contributed by atoms with Crippen LogP contribution in [0.5, 0.6) is 0 Å². The Morgan fingerprint density at radius 1 is 0.944 bits per heavy atom. The van der Waals surface area contributed by atoms with Crippen molar-refractivity contribution in [1.29, 1.82) is 5.26 Å². The quantitative estimate of drug-likeness (QED) is 0.806. The van der Waals surface area contributed by atoms with Gasteiger partial charge in [-0.1, -0.05) is 0 Å². The van der Waals surface area contributed by atoms with Crippen LogP contribution in [0.1, 0.15) is 51.4 Å². The molecule has 0 spiro atoms. The third kappa shape index (κ3) is 1.60.